The van der Waals surface area contributed by atoms with Gasteiger partial charge < -0.3 is 4.90 Å². The van der Waals surface area contributed by atoms with Crippen LogP contribution >= 0.6 is 11.3 Å². The average Bonchev–Trinajstić information content (AvgIpc) is 2.83. The van der Waals surface area contributed by atoms with Crippen molar-refractivity contribution in [3.63, 3.8) is 0 Å². The van der Waals surface area contributed by atoms with Crippen LogP contribution in [0.3, 0.4) is 0 Å². The van der Waals surface area contributed by atoms with Gasteiger partial charge in [-0.1, -0.05) is 24.7 Å². The molecule has 5 nitrogen and oxygen atoms in total. The second-order valence-corrected chi connectivity index (χ2v) is 5.72. The summed E-state index contributed by atoms with van der Waals surface area (Å²) in [6.07, 6.45) is 2.03. The molecule has 1 aromatic rings. The molecule has 0 bridgehead atoms. The van der Waals surface area contributed by atoms with Crippen LogP contribution in [0.15, 0.2) is 0 Å². The molecule has 0 aromatic carbocycles. The third kappa shape index (κ3) is 2.98. The minimum absolute atomic E-state index is 0.0771. The molecule has 1 fully saturated rings. The van der Waals surface area contributed by atoms with E-state index in [4.69, 9.17) is 0 Å². The molecule has 0 saturated carbocycles. The molecule has 1 aliphatic rings. The molecule has 1 unspecified atom stereocenters. The molecule has 0 spiro atoms. The molecular weight excluding hydrogens is 246 g/mol. The average molecular weight is 265 g/mol. The largest absolute Gasteiger partial charge is 0.344 e. The Morgan fingerprint density at radius 3 is 2.56 bits per heavy atom. The van der Waals surface area contributed by atoms with Gasteiger partial charge in [0.25, 0.3) is 0 Å². The maximum absolute atomic E-state index is 9.17. The van der Waals surface area contributed by atoms with Crippen molar-refractivity contribution in [3.05, 3.63) is 5.01 Å². The summed E-state index contributed by atoms with van der Waals surface area (Å²) in [5.74, 6) is 0. The maximum Gasteiger partial charge on any atom is 0.208 e. The van der Waals surface area contributed by atoms with Crippen molar-refractivity contribution in [2.24, 2.45) is 0 Å². The molecule has 2 heterocycles. The minimum atomic E-state index is 0.0771. The number of hydrogen-bond acceptors (Lipinski definition) is 6. The first-order chi connectivity index (χ1) is 8.74. The Kier molecular flexibility index (Phi) is 4.50. The van der Waals surface area contributed by atoms with E-state index < -0.39 is 0 Å². The lowest BCUT2D eigenvalue weighted by atomic mass is 10.1. The Labute approximate surface area is 112 Å². The maximum atomic E-state index is 9.17. The number of nitrogens with zero attached hydrogens (tertiary/aromatic N) is 5. The van der Waals surface area contributed by atoms with Crippen LogP contribution in [0, 0.1) is 18.3 Å². The highest BCUT2D eigenvalue weighted by atomic mass is 32.1. The summed E-state index contributed by atoms with van der Waals surface area (Å²) in [5.41, 5.74) is 0. The lowest BCUT2D eigenvalue weighted by Crippen LogP contribution is -2.50. The minimum Gasteiger partial charge on any atom is -0.344 e. The topological polar surface area (TPSA) is 56.1 Å². The number of anilines is 1. The molecule has 6 heteroatoms. The van der Waals surface area contributed by atoms with Crippen molar-refractivity contribution in [2.45, 2.75) is 32.7 Å². The van der Waals surface area contributed by atoms with Gasteiger partial charge in [0.05, 0.1) is 12.1 Å². The monoisotopic (exact) mass is 265 g/mol. The molecule has 0 N–H and O–H groups in total. The van der Waals surface area contributed by atoms with Gasteiger partial charge >= 0.3 is 0 Å². The van der Waals surface area contributed by atoms with Crippen molar-refractivity contribution in [2.75, 3.05) is 31.1 Å². The van der Waals surface area contributed by atoms with Crippen LogP contribution < -0.4 is 4.90 Å². The Hall–Kier alpha value is -1.19. The molecular formula is C12H19N5S. The SMILES string of the molecule is CCCC(C#N)N1CCN(c2nnc(C)s2)CC1. The van der Waals surface area contributed by atoms with Crippen molar-refractivity contribution >= 4 is 16.5 Å². The molecule has 0 radical (unpaired) electrons. The molecule has 1 aliphatic heterocycles. The van der Waals surface area contributed by atoms with Gasteiger partial charge in [-0.25, -0.2) is 0 Å². The van der Waals surface area contributed by atoms with Crippen molar-refractivity contribution in [1.82, 2.24) is 15.1 Å². The van der Waals surface area contributed by atoms with E-state index in [0.29, 0.717) is 0 Å². The molecule has 1 saturated heterocycles. The van der Waals surface area contributed by atoms with Crippen molar-refractivity contribution in [1.29, 1.82) is 5.26 Å². The molecule has 1 aromatic heterocycles. The first-order valence-electron chi connectivity index (χ1n) is 6.43. The van der Waals surface area contributed by atoms with Gasteiger partial charge in [0.2, 0.25) is 5.13 Å². The van der Waals surface area contributed by atoms with E-state index in [1.165, 1.54) is 0 Å². The summed E-state index contributed by atoms with van der Waals surface area (Å²) >= 11 is 1.64. The van der Waals surface area contributed by atoms with Crippen LogP contribution in [-0.4, -0.2) is 47.3 Å². The lowest BCUT2D eigenvalue weighted by Gasteiger charge is -2.36. The van der Waals surface area contributed by atoms with E-state index in [0.717, 1.165) is 49.2 Å². The van der Waals surface area contributed by atoms with Crippen LogP contribution in [-0.2, 0) is 0 Å². The molecule has 1 atom stereocenters. The van der Waals surface area contributed by atoms with Crippen LogP contribution in [0.2, 0.25) is 0 Å². The van der Waals surface area contributed by atoms with Crippen LogP contribution in [0.4, 0.5) is 5.13 Å². The molecule has 2 rings (SSSR count). The second kappa shape index (κ2) is 6.12. The normalized spacial score (nSPS) is 18.6. The fraction of sp³-hybridized carbons (Fsp3) is 0.750. The number of hydrogen-bond donors (Lipinski definition) is 0. The number of aryl methyl sites for hydroxylation is 1. The fourth-order valence-corrected chi connectivity index (χ4v) is 2.98. The zero-order valence-corrected chi connectivity index (χ0v) is 11.8. The Bertz CT molecular complexity index is 416. The van der Waals surface area contributed by atoms with E-state index in [9.17, 15) is 5.26 Å². The zero-order chi connectivity index (χ0) is 13.0. The number of rotatable bonds is 4. The van der Waals surface area contributed by atoms with Crippen molar-refractivity contribution < 1.29 is 0 Å². The van der Waals surface area contributed by atoms with Gasteiger partial charge in [-0.3, -0.25) is 4.90 Å². The van der Waals surface area contributed by atoms with E-state index in [2.05, 4.69) is 33.0 Å². The van der Waals surface area contributed by atoms with Gasteiger partial charge in [-0.2, -0.15) is 5.26 Å². The first-order valence-corrected chi connectivity index (χ1v) is 7.25. The number of nitriles is 1. The lowest BCUT2D eigenvalue weighted by molar-refractivity contribution is 0.211. The van der Waals surface area contributed by atoms with E-state index in [1.807, 2.05) is 6.92 Å². The highest BCUT2D eigenvalue weighted by molar-refractivity contribution is 7.15. The summed E-state index contributed by atoms with van der Waals surface area (Å²) in [6, 6.07) is 2.49. The third-order valence-corrected chi connectivity index (χ3v) is 4.15. The summed E-state index contributed by atoms with van der Waals surface area (Å²) in [5, 5.41) is 19.4. The predicted octanol–water partition coefficient (Wildman–Crippen LogP) is 1.66. The standard InChI is InChI=1S/C12H19N5S/c1-3-4-11(9-13)16-5-7-17(8-6-16)12-15-14-10(2)18-12/h11H,3-8H2,1-2H3. The molecule has 0 amide bonds. The highest BCUT2D eigenvalue weighted by Gasteiger charge is 2.24. The van der Waals surface area contributed by atoms with Crippen molar-refractivity contribution in [3.8, 4) is 6.07 Å². The van der Waals surface area contributed by atoms with Gasteiger partial charge in [-0.15, -0.1) is 10.2 Å². The fourth-order valence-electron chi connectivity index (χ4n) is 2.24. The van der Waals surface area contributed by atoms with Gasteiger partial charge in [0.1, 0.15) is 5.01 Å². The Morgan fingerprint density at radius 2 is 2.06 bits per heavy atom. The smallest absolute Gasteiger partial charge is 0.208 e. The molecule has 0 aliphatic carbocycles. The molecule has 98 valence electrons. The Balaban J connectivity index is 1.90. The van der Waals surface area contributed by atoms with E-state index in [-0.39, 0.29) is 6.04 Å². The summed E-state index contributed by atoms with van der Waals surface area (Å²) < 4.78 is 0. The third-order valence-electron chi connectivity index (χ3n) is 3.25. The van der Waals surface area contributed by atoms with Gasteiger partial charge in [0.15, 0.2) is 0 Å². The zero-order valence-electron chi connectivity index (χ0n) is 11.0. The second-order valence-electron chi connectivity index (χ2n) is 4.56. The highest BCUT2D eigenvalue weighted by Crippen LogP contribution is 2.21. The number of piperazine rings is 1. The summed E-state index contributed by atoms with van der Waals surface area (Å²) in [7, 11) is 0. The first kappa shape index (κ1) is 13.2. The summed E-state index contributed by atoms with van der Waals surface area (Å²) in [6.45, 7) is 7.87. The van der Waals surface area contributed by atoms with Gasteiger partial charge in [0, 0.05) is 26.2 Å². The quantitative estimate of drug-likeness (QED) is 0.828. The Morgan fingerprint density at radius 1 is 1.33 bits per heavy atom. The van der Waals surface area contributed by atoms with E-state index in [1.54, 1.807) is 11.3 Å². The number of aromatic nitrogens is 2. The van der Waals surface area contributed by atoms with Crippen LogP contribution in [0.25, 0.3) is 0 Å². The van der Waals surface area contributed by atoms with E-state index >= 15 is 0 Å². The van der Waals surface area contributed by atoms with Crippen LogP contribution in [0.1, 0.15) is 24.8 Å². The summed E-state index contributed by atoms with van der Waals surface area (Å²) in [4.78, 5) is 4.55. The predicted molar refractivity (Wildman–Crippen MR) is 72.7 cm³/mol. The molecule has 18 heavy (non-hydrogen) atoms. The van der Waals surface area contributed by atoms with Crippen LogP contribution in [0.5, 0.6) is 0 Å². The van der Waals surface area contributed by atoms with Gasteiger partial charge in [-0.05, 0) is 13.3 Å².